The van der Waals surface area contributed by atoms with Crippen LogP contribution >= 0.6 is 0 Å². The molecule has 2 atom stereocenters. The Bertz CT molecular complexity index is 826. The molecule has 7 heteroatoms. The zero-order valence-electron chi connectivity index (χ0n) is 16.0. The smallest absolute Gasteiger partial charge is 0.254 e. The van der Waals surface area contributed by atoms with E-state index in [4.69, 9.17) is 4.74 Å². The third kappa shape index (κ3) is 3.03. The highest BCUT2D eigenvalue weighted by Crippen LogP contribution is 2.48. The highest BCUT2D eigenvalue weighted by Gasteiger charge is 2.40. The van der Waals surface area contributed by atoms with Crippen molar-refractivity contribution in [2.24, 2.45) is 0 Å². The van der Waals surface area contributed by atoms with Crippen LogP contribution in [0.15, 0.2) is 30.0 Å². The predicted octanol–water partition coefficient (Wildman–Crippen LogP) is 1.31. The molecule has 0 spiro atoms. The van der Waals surface area contributed by atoms with E-state index in [1.807, 2.05) is 6.20 Å². The first-order valence-corrected chi connectivity index (χ1v) is 10.6. The molecule has 6 rings (SSSR count). The van der Waals surface area contributed by atoms with Crippen LogP contribution in [0.4, 0.5) is 5.69 Å². The van der Waals surface area contributed by atoms with Gasteiger partial charge in [-0.05, 0) is 54.7 Å². The minimum Gasteiger partial charge on any atom is -0.379 e. The molecule has 1 aromatic rings. The average Bonchev–Trinajstić information content (AvgIpc) is 3.65. The van der Waals surface area contributed by atoms with Crippen molar-refractivity contribution < 1.29 is 9.53 Å². The molecule has 3 aliphatic heterocycles. The number of morpholine rings is 1. The van der Waals surface area contributed by atoms with Crippen LogP contribution in [0.1, 0.15) is 48.6 Å². The Morgan fingerprint density at radius 1 is 1.04 bits per heavy atom. The summed E-state index contributed by atoms with van der Waals surface area (Å²) in [5.41, 5.74) is 8.35. The summed E-state index contributed by atoms with van der Waals surface area (Å²) in [5, 5.41) is 8.69. The van der Waals surface area contributed by atoms with Crippen molar-refractivity contribution >= 4 is 11.6 Å². The normalized spacial score (nSPS) is 30.8. The highest BCUT2D eigenvalue weighted by atomic mass is 16.5. The number of rotatable bonds is 4. The van der Waals surface area contributed by atoms with Crippen molar-refractivity contribution in [3.05, 3.63) is 41.1 Å². The van der Waals surface area contributed by atoms with Gasteiger partial charge < -0.3 is 10.1 Å². The van der Waals surface area contributed by atoms with E-state index in [0.29, 0.717) is 19.1 Å². The largest absolute Gasteiger partial charge is 0.379 e. The van der Waals surface area contributed by atoms with Gasteiger partial charge in [0.1, 0.15) is 12.5 Å². The number of nitrogens with zero attached hydrogens (tertiary/aromatic N) is 2. The van der Waals surface area contributed by atoms with Gasteiger partial charge in [-0.1, -0.05) is 12.1 Å². The Balaban J connectivity index is 1.24. The molecule has 4 fully saturated rings. The number of hydrogen-bond acceptors (Lipinski definition) is 6. The van der Waals surface area contributed by atoms with Crippen LogP contribution in [0.25, 0.3) is 0 Å². The lowest BCUT2D eigenvalue weighted by Crippen LogP contribution is -2.68. The fraction of sp³-hybridized carbons (Fsp3) is 0.571. The number of amides is 1. The van der Waals surface area contributed by atoms with E-state index in [-0.39, 0.29) is 18.4 Å². The topological polar surface area (TPSA) is 68.9 Å². The van der Waals surface area contributed by atoms with Gasteiger partial charge in [-0.15, -0.1) is 0 Å². The van der Waals surface area contributed by atoms with Gasteiger partial charge in [-0.25, -0.2) is 5.43 Å². The Kier molecular flexibility index (Phi) is 3.97. The van der Waals surface area contributed by atoms with Gasteiger partial charge in [0.05, 0.1) is 24.5 Å². The fourth-order valence-electron chi connectivity index (χ4n) is 4.54. The molecule has 2 aliphatic carbocycles. The Morgan fingerprint density at radius 2 is 1.82 bits per heavy atom. The van der Waals surface area contributed by atoms with Gasteiger partial charge in [0.2, 0.25) is 0 Å². The fourth-order valence-corrected chi connectivity index (χ4v) is 4.54. The van der Waals surface area contributed by atoms with E-state index in [1.54, 1.807) is 0 Å². The van der Waals surface area contributed by atoms with E-state index in [0.717, 1.165) is 24.6 Å². The van der Waals surface area contributed by atoms with Gasteiger partial charge in [0.15, 0.2) is 0 Å². The molecule has 0 aromatic heterocycles. The van der Waals surface area contributed by atoms with E-state index in [1.165, 1.54) is 42.5 Å². The summed E-state index contributed by atoms with van der Waals surface area (Å²) in [5.74, 6) is 1.43. The van der Waals surface area contributed by atoms with Gasteiger partial charge >= 0.3 is 0 Å². The minimum atomic E-state index is -0.170. The minimum absolute atomic E-state index is 0.00202. The third-order valence-electron chi connectivity index (χ3n) is 6.49. The van der Waals surface area contributed by atoms with E-state index >= 15 is 0 Å². The zero-order valence-corrected chi connectivity index (χ0v) is 16.0. The lowest BCUT2D eigenvalue weighted by Gasteiger charge is -2.40. The molecule has 28 heavy (non-hydrogen) atoms. The summed E-state index contributed by atoms with van der Waals surface area (Å²) in [6, 6.07) is 6.92. The second-order valence-electron chi connectivity index (χ2n) is 8.57. The van der Waals surface area contributed by atoms with Crippen molar-refractivity contribution in [3.8, 4) is 0 Å². The van der Waals surface area contributed by atoms with Gasteiger partial charge in [0.25, 0.3) is 5.91 Å². The number of hydrazine groups is 1. The van der Waals surface area contributed by atoms with E-state index in [2.05, 4.69) is 44.2 Å². The van der Waals surface area contributed by atoms with Gasteiger partial charge in [0, 0.05) is 19.3 Å². The first-order valence-electron chi connectivity index (χ1n) is 10.6. The number of benzene rings is 1. The van der Waals surface area contributed by atoms with Crippen LogP contribution in [0.5, 0.6) is 0 Å². The standard InChI is InChI=1S/C21H27N5O2/c27-20-17-12-26(24-19(17)22-21(23-20)25-7-9-28-10-8-25)18-6-5-15(13-1-2-13)11-16(18)14-3-4-14/h5-6,11-14,19,21-22,24H,1-4,7-10H2,(H,23,27). The second kappa shape index (κ2) is 6.56. The summed E-state index contributed by atoms with van der Waals surface area (Å²) < 4.78 is 5.43. The van der Waals surface area contributed by atoms with Crippen LogP contribution in [0, 0.1) is 0 Å². The van der Waals surface area contributed by atoms with E-state index in [9.17, 15) is 4.79 Å². The predicted molar refractivity (Wildman–Crippen MR) is 105 cm³/mol. The maximum absolute atomic E-state index is 12.7. The molecular weight excluding hydrogens is 354 g/mol. The molecule has 7 nitrogen and oxygen atoms in total. The van der Waals surface area contributed by atoms with Crippen LogP contribution < -0.4 is 21.1 Å². The number of hydrogen-bond donors (Lipinski definition) is 3. The average molecular weight is 381 g/mol. The first kappa shape index (κ1) is 17.0. The number of ether oxygens (including phenoxy) is 1. The monoisotopic (exact) mass is 381 g/mol. The quantitative estimate of drug-likeness (QED) is 0.731. The summed E-state index contributed by atoms with van der Waals surface area (Å²) in [7, 11) is 0. The van der Waals surface area contributed by atoms with Crippen molar-refractivity contribution in [1.29, 1.82) is 0 Å². The molecular formula is C21H27N5O2. The molecule has 3 heterocycles. The SMILES string of the molecule is O=C1NC(N2CCOCC2)NC2NN(c3ccc(C4CC4)cc3C3CC3)C=C12. The highest BCUT2D eigenvalue weighted by molar-refractivity contribution is 5.96. The lowest BCUT2D eigenvalue weighted by atomic mass is 10.0. The summed E-state index contributed by atoms with van der Waals surface area (Å²) in [4.78, 5) is 15.0. The summed E-state index contributed by atoms with van der Waals surface area (Å²) >= 11 is 0. The van der Waals surface area contributed by atoms with Crippen molar-refractivity contribution in [2.45, 2.75) is 50.0 Å². The van der Waals surface area contributed by atoms with Crippen molar-refractivity contribution in [1.82, 2.24) is 21.0 Å². The second-order valence-corrected chi connectivity index (χ2v) is 8.57. The molecule has 5 aliphatic rings. The molecule has 2 saturated heterocycles. The first-order chi connectivity index (χ1) is 13.8. The molecule has 3 N–H and O–H groups in total. The van der Waals surface area contributed by atoms with Crippen LogP contribution in [0.3, 0.4) is 0 Å². The van der Waals surface area contributed by atoms with Crippen LogP contribution in [-0.4, -0.2) is 49.6 Å². The number of anilines is 1. The van der Waals surface area contributed by atoms with Crippen LogP contribution in [0.2, 0.25) is 0 Å². The van der Waals surface area contributed by atoms with Crippen molar-refractivity contribution in [2.75, 3.05) is 31.3 Å². The Labute approximate surface area is 165 Å². The summed E-state index contributed by atoms with van der Waals surface area (Å²) in [6.07, 6.45) is 6.82. The molecule has 0 bridgehead atoms. The number of fused-ring (bicyclic) bond motifs is 1. The van der Waals surface area contributed by atoms with Crippen molar-refractivity contribution in [3.63, 3.8) is 0 Å². The molecule has 0 radical (unpaired) electrons. The maximum atomic E-state index is 12.7. The molecule has 148 valence electrons. The molecule has 1 amide bonds. The number of carbonyl (C=O) groups excluding carboxylic acids is 1. The zero-order chi connectivity index (χ0) is 18.7. The maximum Gasteiger partial charge on any atom is 0.254 e. The molecule has 1 aromatic carbocycles. The third-order valence-corrected chi connectivity index (χ3v) is 6.49. The van der Waals surface area contributed by atoms with Gasteiger partial charge in [-0.2, -0.15) is 0 Å². The van der Waals surface area contributed by atoms with E-state index < -0.39 is 0 Å². The number of carbonyl (C=O) groups is 1. The lowest BCUT2D eigenvalue weighted by molar-refractivity contribution is -0.123. The van der Waals surface area contributed by atoms with Gasteiger partial charge in [-0.3, -0.25) is 20.0 Å². The number of nitrogens with one attached hydrogen (secondary N) is 3. The Morgan fingerprint density at radius 3 is 2.57 bits per heavy atom. The summed E-state index contributed by atoms with van der Waals surface area (Å²) in [6.45, 7) is 3.06. The molecule has 2 unspecified atom stereocenters. The molecule has 2 saturated carbocycles. The van der Waals surface area contributed by atoms with Crippen LogP contribution in [-0.2, 0) is 9.53 Å². The Hall–Kier alpha value is -1.93.